The highest BCUT2D eigenvalue weighted by atomic mass is 16.5. The number of fused-ring (bicyclic) bond motifs is 1. The number of para-hydroxylation sites is 2. The van der Waals surface area contributed by atoms with Crippen molar-refractivity contribution in [3.05, 3.63) is 24.3 Å². The highest BCUT2D eigenvalue weighted by molar-refractivity contribution is 5.82. The van der Waals surface area contributed by atoms with Crippen molar-refractivity contribution in [2.75, 3.05) is 50.9 Å². The molecule has 0 unspecified atom stereocenters. The van der Waals surface area contributed by atoms with Crippen LogP contribution in [0.4, 0.5) is 5.69 Å². The maximum Gasteiger partial charge on any atom is 0.242 e. The van der Waals surface area contributed by atoms with Gasteiger partial charge in [0.1, 0.15) is 12.4 Å². The molecule has 3 rings (SSSR count). The summed E-state index contributed by atoms with van der Waals surface area (Å²) < 4.78 is 10.9. The van der Waals surface area contributed by atoms with E-state index in [9.17, 15) is 4.79 Å². The maximum absolute atomic E-state index is 12.3. The van der Waals surface area contributed by atoms with Crippen molar-refractivity contribution in [3.63, 3.8) is 0 Å². The summed E-state index contributed by atoms with van der Waals surface area (Å²) >= 11 is 0. The van der Waals surface area contributed by atoms with Gasteiger partial charge in [0.25, 0.3) is 0 Å². The minimum Gasteiger partial charge on any atom is -0.490 e. The number of amides is 1. The van der Waals surface area contributed by atoms with Crippen LogP contribution < -0.4 is 9.64 Å². The first-order chi connectivity index (χ1) is 9.34. The number of rotatable bonds is 2. The minimum absolute atomic E-state index is 0.167. The van der Waals surface area contributed by atoms with Crippen molar-refractivity contribution in [1.29, 1.82) is 0 Å². The van der Waals surface area contributed by atoms with E-state index in [1.807, 2.05) is 29.2 Å². The Morgan fingerprint density at radius 1 is 1.11 bits per heavy atom. The minimum atomic E-state index is 0.167. The van der Waals surface area contributed by atoms with E-state index >= 15 is 0 Å². The van der Waals surface area contributed by atoms with Crippen LogP contribution >= 0.6 is 0 Å². The average Bonchev–Trinajstić information content (AvgIpc) is 2.48. The lowest BCUT2D eigenvalue weighted by molar-refractivity contribution is -0.133. The fourth-order valence-electron chi connectivity index (χ4n) is 2.47. The predicted molar refractivity (Wildman–Crippen MR) is 71.5 cm³/mol. The number of hydrogen-bond acceptors (Lipinski definition) is 4. The third-order valence-corrected chi connectivity index (χ3v) is 3.51. The summed E-state index contributed by atoms with van der Waals surface area (Å²) in [7, 11) is 0. The Balaban J connectivity index is 1.68. The fraction of sp³-hybridized carbons (Fsp3) is 0.500. The summed E-state index contributed by atoms with van der Waals surface area (Å²) in [5, 5.41) is 0. The van der Waals surface area contributed by atoms with E-state index in [-0.39, 0.29) is 5.91 Å². The molecule has 0 radical (unpaired) electrons. The molecule has 0 aromatic heterocycles. The van der Waals surface area contributed by atoms with E-state index in [4.69, 9.17) is 9.47 Å². The Bertz CT molecular complexity index is 458. The average molecular weight is 262 g/mol. The second kappa shape index (κ2) is 5.48. The number of nitrogens with zero attached hydrogens (tertiary/aromatic N) is 2. The molecular formula is C14H18N2O3. The van der Waals surface area contributed by atoms with Crippen molar-refractivity contribution in [1.82, 2.24) is 4.90 Å². The lowest BCUT2D eigenvalue weighted by atomic mass is 10.2. The molecular weight excluding hydrogens is 244 g/mol. The van der Waals surface area contributed by atoms with Gasteiger partial charge in [-0.1, -0.05) is 12.1 Å². The molecule has 19 heavy (non-hydrogen) atoms. The summed E-state index contributed by atoms with van der Waals surface area (Å²) in [6, 6.07) is 7.87. The largest absolute Gasteiger partial charge is 0.490 e. The molecule has 1 aromatic rings. The van der Waals surface area contributed by atoms with Crippen LogP contribution in [0.1, 0.15) is 0 Å². The molecule has 1 aromatic carbocycles. The molecule has 1 saturated heterocycles. The number of carbonyl (C=O) groups excluding carboxylic acids is 1. The van der Waals surface area contributed by atoms with Crippen LogP contribution in [0.3, 0.4) is 0 Å². The van der Waals surface area contributed by atoms with Crippen LogP contribution in [0, 0.1) is 0 Å². The van der Waals surface area contributed by atoms with Gasteiger partial charge >= 0.3 is 0 Å². The quantitative estimate of drug-likeness (QED) is 0.788. The molecule has 102 valence electrons. The highest BCUT2D eigenvalue weighted by Crippen LogP contribution is 2.30. The Kier molecular flexibility index (Phi) is 3.55. The molecule has 1 amide bonds. The van der Waals surface area contributed by atoms with E-state index < -0.39 is 0 Å². The number of morpholine rings is 1. The Hall–Kier alpha value is -1.75. The van der Waals surface area contributed by atoms with Crippen LogP contribution in [0.15, 0.2) is 24.3 Å². The number of carbonyl (C=O) groups is 1. The van der Waals surface area contributed by atoms with Gasteiger partial charge in [0.05, 0.1) is 32.0 Å². The third-order valence-electron chi connectivity index (χ3n) is 3.51. The second-order valence-corrected chi connectivity index (χ2v) is 4.73. The monoisotopic (exact) mass is 262 g/mol. The van der Waals surface area contributed by atoms with Gasteiger partial charge < -0.3 is 19.3 Å². The van der Waals surface area contributed by atoms with Crippen molar-refractivity contribution in [3.8, 4) is 5.75 Å². The lowest BCUT2D eigenvalue weighted by Crippen LogP contribution is -2.47. The van der Waals surface area contributed by atoms with Gasteiger partial charge in [0.2, 0.25) is 5.91 Å². The van der Waals surface area contributed by atoms with Crippen LogP contribution in [0.5, 0.6) is 5.75 Å². The normalized spacial score (nSPS) is 18.7. The van der Waals surface area contributed by atoms with E-state index in [1.54, 1.807) is 0 Å². The van der Waals surface area contributed by atoms with Crippen LogP contribution in [0.2, 0.25) is 0 Å². The number of ether oxygens (including phenoxy) is 2. The fourth-order valence-corrected chi connectivity index (χ4v) is 2.47. The molecule has 2 aliphatic rings. The molecule has 2 aliphatic heterocycles. The zero-order valence-corrected chi connectivity index (χ0v) is 10.9. The molecule has 0 aliphatic carbocycles. The summed E-state index contributed by atoms with van der Waals surface area (Å²) in [6.07, 6.45) is 0. The van der Waals surface area contributed by atoms with Gasteiger partial charge in [-0.15, -0.1) is 0 Å². The molecule has 0 bridgehead atoms. The maximum atomic E-state index is 12.3. The molecule has 0 N–H and O–H groups in total. The SMILES string of the molecule is O=C(CN1CCOc2ccccc21)N1CCOCC1. The standard InChI is InChI=1S/C14H18N2O3/c17-14(15-5-8-18-9-6-15)11-16-7-10-19-13-4-2-1-3-12(13)16/h1-4H,5-11H2. The lowest BCUT2D eigenvalue weighted by Gasteiger charge is -2.33. The summed E-state index contributed by atoms with van der Waals surface area (Å²) in [5.41, 5.74) is 1.01. The molecule has 0 spiro atoms. The van der Waals surface area contributed by atoms with E-state index in [1.165, 1.54) is 0 Å². The third kappa shape index (κ3) is 2.66. The smallest absolute Gasteiger partial charge is 0.242 e. The Morgan fingerprint density at radius 2 is 1.89 bits per heavy atom. The van der Waals surface area contributed by atoms with E-state index in [0.29, 0.717) is 39.5 Å². The van der Waals surface area contributed by atoms with E-state index in [0.717, 1.165) is 18.0 Å². The van der Waals surface area contributed by atoms with Gasteiger partial charge in [-0.05, 0) is 12.1 Å². The highest BCUT2D eigenvalue weighted by Gasteiger charge is 2.23. The Morgan fingerprint density at radius 3 is 2.74 bits per heavy atom. The zero-order valence-electron chi connectivity index (χ0n) is 10.9. The molecule has 0 atom stereocenters. The molecule has 5 nitrogen and oxygen atoms in total. The topological polar surface area (TPSA) is 42.0 Å². The number of benzene rings is 1. The summed E-state index contributed by atoms with van der Waals surface area (Å²) in [5.74, 6) is 1.03. The molecule has 1 fully saturated rings. The van der Waals surface area contributed by atoms with Crippen molar-refractivity contribution < 1.29 is 14.3 Å². The van der Waals surface area contributed by atoms with Crippen molar-refractivity contribution >= 4 is 11.6 Å². The molecule has 2 heterocycles. The molecule has 5 heteroatoms. The van der Waals surface area contributed by atoms with Crippen LogP contribution in [-0.2, 0) is 9.53 Å². The van der Waals surface area contributed by atoms with Gasteiger partial charge in [-0.25, -0.2) is 0 Å². The van der Waals surface area contributed by atoms with Gasteiger partial charge in [-0.3, -0.25) is 4.79 Å². The Labute approximate surface area is 112 Å². The summed E-state index contributed by atoms with van der Waals surface area (Å²) in [4.78, 5) is 16.2. The van der Waals surface area contributed by atoms with Crippen molar-refractivity contribution in [2.24, 2.45) is 0 Å². The van der Waals surface area contributed by atoms with Gasteiger partial charge in [-0.2, -0.15) is 0 Å². The van der Waals surface area contributed by atoms with Crippen molar-refractivity contribution in [2.45, 2.75) is 0 Å². The van der Waals surface area contributed by atoms with E-state index in [2.05, 4.69) is 4.90 Å². The first-order valence-corrected chi connectivity index (χ1v) is 6.67. The predicted octanol–water partition coefficient (Wildman–Crippen LogP) is 0.744. The summed E-state index contributed by atoms with van der Waals surface area (Å²) in [6.45, 7) is 4.49. The molecule has 0 saturated carbocycles. The first kappa shape index (κ1) is 12.3. The van der Waals surface area contributed by atoms with Gasteiger partial charge in [0, 0.05) is 13.1 Å². The number of anilines is 1. The van der Waals surface area contributed by atoms with Crippen LogP contribution in [0.25, 0.3) is 0 Å². The van der Waals surface area contributed by atoms with Gasteiger partial charge in [0.15, 0.2) is 0 Å². The van der Waals surface area contributed by atoms with Crippen LogP contribution in [-0.4, -0.2) is 56.8 Å². The number of hydrogen-bond donors (Lipinski definition) is 0. The first-order valence-electron chi connectivity index (χ1n) is 6.67. The second-order valence-electron chi connectivity index (χ2n) is 4.73. The zero-order chi connectivity index (χ0) is 13.1.